The van der Waals surface area contributed by atoms with Crippen molar-refractivity contribution in [3.05, 3.63) is 5.69 Å². The van der Waals surface area contributed by atoms with Gasteiger partial charge in [0.15, 0.2) is 0 Å². The van der Waals surface area contributed by atoms with Crippen LogP contribution in [0.4, 0.5) is 5.00 Å². The fourth-order valence-electron chi connectivity index (χ4n) is 1.57. The molecule has 0 radical (unpaired) electrons. The molecule has 0 fully saturated rings. The summed E-state index contributed by atoms with van der Waals surface area (Å²) in [6.07, 6.45) is 3.84. The Balaban J connectivity index is 2.36. The number of nitrogens with one attached hydrogen (secondary N) is 1. The molecule has 0 aliphatic heterocycles. The van der Waals surface area contributed by atoms with Gasteiger partial charge in [-0.15, -0.1) is 5.10 Å². The van der Waals surface area contributed by atoms with E-state index in [9.17, 15) is 0 Å². The fraction of sp³-hybridized carbons (Fsp3) is 0.818. The van der Waals surface area contributed by atoms with Gasteiger partial charge in [0.1, 0.15) is 10.7 Å². The molecule has 1 rings (SSSR count). The van der Waals surface area contributed by atoms with Gasteiger partial charge < -0.3 is 10.2 Å². The highest BCUT2D eigenvalue weighted by molar-refractivity contribution is 7.10. The summed E-state index contributed by atoms with van der Waals surface area (Å²) in [5.41, 5.74) is 1.07. The molecule has 0 aliphatic carbocycles. The predicted molar refractivity (Wildman–Crippen MR) is 69.9 cm³/mol. The average Bonchev–Trinajstić information content (AvgIpc) is 2.67. The van der Waals surface area contributed by atoms with Crippen LogP contribution in [0.25, 0.3) is 0 Å². The summed E-state index contributed by atoms with van der Waals surface area (Å²) in [5.74, 6) is 0. The maximum Gasteiger partial charge on any atom is 0.134 e. The Hall–Kier alpha value is -0.680. The maximum atomic E-state index is 4.17. The van der Waals surface area contributed by atoms with Crippen LogP contribution in [0.3, 0.4) is 0 Å². The summed E-state index contributed by atoms with van der Waals surface area (Å²) in [6.45, 7) is 7.28. The van der Waals surface area contributed by atoms with Crippen molar-refractivity contribution < 1.29 is 0 Å². The van der Waals surface area contributed by atoms with E-state index in [0.29, 0.717) is 0 Å². The third-order valence-electron chi connectivity index (χ3n) is 2.46. The lowest BCUT2D eigenvalue weighted by Gasteiger charge is -2.15. The molecule has 5 heteroatoms. The van der Waals surface area contributed by atoms with E-state index in [0.717, 1.165) is 30.3 Å². The molecule has 0 aliphatic rings. The van der Waals surface area contributed by atoms with Gasteiger partial charge in [-0.3, -0.25) is 0 Å². The van der Waals surface area contributed by atoms with Crippen LogP contribution < -0.4 is 5.32 Å². The highest BCUT2D eigenvalue weighted by Crippen LogP contribution is 2.18. The molecule has 0 atom stereocenters. The molecule has 0 unspecified atom stereocenters. The average molecular weight is 242 g/mol. The minimum atomic E-state index is 0.891. The Bertz CT molecular complexity index is 287. The number of anilines is 1. The topological polar surface area (TPSA) is 41.1 Å². The molecular weight excluding hydrogens is 220 g/mol. The number of hydrogen-bond donors (Lipinski definition) is 1. The standard InChI is InChI=1S/C11H22N4S/c1-4-6-7-8-15(3)9-10-11(12-5-2)16-14-13-10/h12H,4-9H2,1-3H3. The first-order chi connectivity index (χ1) is 7.77. The summed E-state index contributed by atoms with van der Waals surface area (Å²) >= 11 is 1.45. The number of nitrogens with zero attached hydrogens (tertiary/aromatic N) is 3. The Labute approximate surface area is 102 Å². The summed E-state index contributed by atoms with van der Waals surface area (Å²) in [7, 11) is 2.14. The van der Waals surface area contributed by atoms with Crippen molar-refractivity contribution in [3.8, 4) is 0 Å². The van der Waals surface area contributed by atoms with E-state index in [1.807, 2.05) is 0 Å². The zero-order valence-corrected chi connectivity index (χ0v) is 11.3. The second-order valence-corrected chi connectivity index (χ2v) is 4.78. The van der Waals surface area contributed by atoms with Crippen molar-refractivity contribution in [1.29, 1.82) is 0 Å². The van der Waals surface area contributed by atoms with Crippen molar-refractivity contribution in [2.24, 2.45) is 0 Å². The van der Waals surface area contributed by atoms with E-state index < -0.39 is 0 Å². The quantitative estimate of drug-likeness (QED) is 0.711. The second-order valence-electron chi connectivity index (χ2n) is 4.02. The smallest absolute Gasteiger partial charge is 0.134 e. The number of unbranched alkanes of at least 4 members (excludes halogenated alkanes) is 2. The minimum Gasteiger partial charge on any atom is -0.374 e. The summed E-state index contributed by atoms with van der Waals surface area (Å²) in [5, 5.41) is 8.58. The molecule has 1 heterocycles. The third-order valence-corrected chi connectivity index (χ3v) is 3.18. The third kappa shape index (κ3) is 4.45. The molecule has 1 aromatic rings. The van der Waals surface area contributed by atoms with Gasteiger partial charge in [-0.1, -0.05) is 24.3 Å². The predicted octanol–water partition coefficient (Wildman–Crippen LogP) is 2.59. The number of rotatable bonds is 8. The molecule has 0 amide bonds. The van der Waals surface area contributed by atoms with Crippen LogP contribution in [0.1, 0.15) is 38.8 Å². The van der Waals surface area contributed by atoms with Crippen LogP contribution in [0.15, 0.2) is 0 Å². The van der Waals surface area contributed by atoms with Crippen molar-refractivity contribution in [2.45, 2.75) is 39.7 Å². The molecule has 0 saturated carbocycles. The highest BCUT2D eigenvalue weighted by Gasteiger charge is 2.09. The van der Waals surface area contributed by atoms with Gasteiger partial charge in [0, 0.05) is 24.6 Å². The van der Waals surface area contributed by atoms with Crippen LogP contribution in [0.2, 0.25) is 0 Å². The van der Waals surface area contributed by atoms with E-state index in [2.05, 4.69) is 40.7 Å². The van der Waals surface area contributed by atoms with Gasteiger partial charge in [-0.05, 0) is 26.9 Å². The molecule has 0 bridgehead atoms. The molecule has 1 N–H and O–H groups in total. The Morgan fingerprint density at radius 2 is 2.12 bits per heavy atom. The lowest BCUT2D eigenvalue weighted by atomic mass is 10.2. The van der Waals surface area contributed by atoms with Crippen molar-refractivity contribution in [1.82, 2.24) is 14.5 Å². The number of hydrogen-bond acceptors (Lipinski definition) is 5. The minimum absolute atomic E-state index is 0.891. The lowest BCUT2D eigenvalue weighted by Crippen LogP contribution is -2.20. The summed E-state index contributed by atoms with van der Waals surface area (Å²) in [6, 6.07) is 0. The van der Waals surface area contributed by atoms with Crippen molar-refractivity contribution in [3.63, 3.8) is 0 Å². The van der Waals surface area contributed by atoms with Gasteiger partial charge in [-0.2, -0.15) is 0 Å². The zero-order valence-electron chi connectivity index (χ0n) is 10.5. The normalized spacial score (nSPS) is 11.0. The van der Waals surface area contributed by atoms with Gasteiger partial charge in [0.05, 0.1) is 0 Å². The molecular formula is C11H22N4S. The zero-order chi connectivity index (χ0) is 11.8. The SMILES string of the molecule is CCCCCN(C)Cc1nnsc1NCC. The number of aromatic nitrogens is 2. The van der Waals surface area contributed by atoms with Gasteiger partial charge in [0.2, 0.25) is 0 Å². The molecule has 1 aromatic heterocycles. The second kappa shape index (κ2) is 7.57. The van der Waals surface area contributed by atoms with Gasteiger partial charge >= 0.3 is 0 Å². The lowest BCUT2D eigenvalue weighted by molar-refractivity contribution is 0.315. The van der Waals surface area contributed by atoms with E-state index in [1.165, 1.54) is 30.8 Å². The summed E-state index contributed by atoms with van der Waals surface area (Å²) in [4.78, 5) is 2.31. The van der Waals surface area contributed by atoms with Crippen molar-refractivity contribution in [2.75, 3.05) is 25.5 Å². The van der Waals surface area contributed by atoms with Crippen LogP contribution in [-0.4, -0.2) is 34.6 Å². The Kier molecular flexibility index (Phi) is 6.33. The Morgan fingerprint density at radius 1 is 1.31 bits per heavy atom. The van der Waals surface area contributed by atoms with E-state index in [4.69, 9.17) is 0 Å². The molecule has 0 aromatic carbocycles. The largest absolute Gasteiger partial charge is 0.374 e. The van der Waals surface area contributed by atoms with Crippen LogP contribution in [-0.2, 0) is 6.54 Å². The molecule has 4 nitrogen and oxygen atoms in total. The van der Waals surface area contributed by atoms with E-state index in [1.54, 1.807) is 0 Å². The van der Waals surface area contributed by atoms with Crippen LogP contribution in [0.5, 0.6) is 0 Å². The van der Waals surface area contributed by atoms with E-state index >= 15 is 0 Å². The molecule has 0 spiro atoms. The first-order valence-electron chi connectivity index (χ1n) is 6.01. The highest BCUT2D eigenvalue weighted by atomic mass is 32.1. The fourth-order valence-corrected chi connectivity index (χ4v) is 2.21. The first kappa shape index (κ1) is 13.4. The monoisotopic (exact) mass is 242 g/mol. The molecule has 92 valence electrons. The maximum absolute atomic E-state index is 4.17. The molecule has 0 saturated heterocycles. The van der Waals surface area contributed by atoms with Gasteiger partial charge in [-0.25, -0.2) is 0 Å². The van der Waals surface area contributed by atoms with E-state index in [-0.39, 0.29) is 0 Å². The van der Waals surface area contributed by atoms with Crippen LogP contribution >= 0.6 is 11.5 Å². The van der Waals surface area contributed by atoms with Crippen molar-refractivity contribution >= 4 is 16.5 Å². The van der Waals surface area contributed by atoms with Gasteiger partial charge in [0.25, 0.3) is 0 Å². The Morgan fingerprint density at radius 3 is 2.81 bits per heavy atom. The van der Waals surface area contributed by atoms with Crippen LogP contribution in [0, 0.1) is 0 Å². The first-order valence-corrected chi connectivity index (χ1v) is 6.78. The summed E-state index contributed by atoms with van der Waals surface area (Å²) < 4.78 is 3.99. The molecule has 16 heavy (non-hydrogen) atoms.